The molecule has 9 heteroatoms. The van der Waals surface area contributed by atoms with Crippen molar-refractivity contribution in [3.63, 3.8) is 0 Å². The van der Waals surface area contributed by atoms with Crippen molar-refractivity contribution < 1.29 is 14.3 Å². The fourth-order valence-corrected chi connectivity index (χ4v) is 2.41. The van der Waals surface area contributed by atoms with Gasteiger partial charge in [0.1, 0.15) is 18.5 Å². The van der Waals surface area contributed by atoms with Crippen LogP contribution in [0.3, 0.4) is 0 Å². The van der Waals surface area contributed by atoms with E-state index in [9.17, 15) is 4.79 Å². The summed E-state index contributed by atoms with van der Waals surface area (Å²) in [4.78, 5) is 20.4. The molecule has 3 rings (SSSR count). The molecule has 1 aliphatic heterocycles. The van der Waals surface area contributed by atoms with E-state index < -0.39 is 6.03 Å². The van der Waals surface area contributed by atoms with Crippen LogP contribution < -0.4 is 26.4 Å². The van der Waals surface area contributed by atoms with Crippen LogP contribution in [0.1, 0.15) is 5.69 Å². The maximum absolute atomic E-state index is 12.2. The quantitative estimate of drug-likeness (QED) is 0.595. The molecule has 1 atom stereocenters. The highest BCUT2D eigenvalue weighted by Crippen LogP contribution is 2.27. The number of hydrogen-bond donors (Lipinski definition) is 4. The van der Waals surface area contributed by atoms with Crippen molar-refractivity contribution in [1.82, 2.24) is 15.3 Å². The summed E-state index contributed by atoms with van der Waals surface area (Å²) in [7, 11) is 0. The SMILES string of the molecule is Cc1cnc(NC(=O)Nc2cc(N)ccc2OCC2CNCCO2)cn1. The number of nitrogens with one attached hydrogen (secondary N) is 3. The van der Waals surface area contributed by atoms with Gasteiger partial charge >= 0.3 is 6.03 Å². The molecule has 26 heavy (non-hydrogen) atoms. The number of carbonyl (C=O) groups is 1. The Morgan fingerprint density at radius 3 is 3.00 bits per heavy atom. The predicted molar refractivity (Wildman–Crippen MR) is 98.4 cm³/mol. The third-order valence-electron chi connectivity index (χ3n) is 3.70. The maximum atomic E-state index is 12.2. The average Bonchev–Trinajstić information content (AvgIpc) is 2.64. The second-order valence-corrected chi connectivity index (χ2v) is 5.89. The number of nitrogen functional groups attached to an aromatic ring is 1. The summed E-state index contributed by atoms with van der Waals surface area (Å²) >= 11 is 0. The minimum Gasteiger partial charge on any atom is -0.489 e. The summed E-state index contributed by atoms with van der Waals surface area (Å²) in [5.41, 5.74) is 7.57. The predicted octanol–water partition coefficient (Wildman–Crippen LogP) is 1.38. The van der Waals surface area contributed by atoms with Crippen LogP contribution in [0, 0.1) is 6.92 Å². The summed E-state index contributed by atoms with van der Waals surface area (Å²) in [6.45, 7) is 4.41. The molecule has 0 bridgehead atoms. The normalized spacial score (nSPS) is 16.7. The standard InChI is InChI=1S/C17H22N6O3/c1-11-7-21-16(9-20-11)23-17(24)22-14-6-12(18)2-3-15(14)26-10-13-8-19-4-5-25-13/h2-3,6-7,9,13,19H,4-5,8,10,18H2,1H3,(H2,21,22,23,24). The van der Waals surface area contributed by atoms with Gasteiger partial charge in [0.15, 0.2) is 5.82 Å². The molecule has 9 nitrogen and oxygen atoms in total. The zero-order valence-electron chi connectivity index (χ0n) is 14.5. The first-order valence-corrected chi connectivity index (χ1v) is 8.31. The second-order valence-electron chi connectivity index (χ2n) is 5.89. The van der Waals surface area contributed by atoms with E-state index in [4.69, 9.17) is 15.2 Å². The Morgan fingerprint density at radius 1 is 1.38 bits per heavy atom. The van der Waals surface area contributed by atoms with Crippen LogP contribution in [-0.2, 0) is 4.74 Å². The van der Waals surface area contributed by atoms with Crippen LogP contribution in [0.25, 0.3) is 0 Å². The Kier molecular flexibility index (Phi) is 5.82. The monoisotopic (exact) mass is 358 g/mol. The van der Waals surface area contributed by atoms with Gasteiger partial charge in [-0.2, -0.15) is 0 Å². The van der Waals surface area contributed by atoms with Gasteiger partial charge in [-0.05, 0) is 25.1 Å². The molecule has 138 valence electrons. The number of carbonyl (C=O) groups excluding carboxylic acids is 1. The first-order valence-electron chi connectivity index (χ1n) is 8.31. The number of aryl methyl sites for hydroxylation is 1. The minimum atomic E-state index is -0.464. The Hall–Kier alpha value is -2.91. The van der Waals surface area contributed by atoms with Crippen LogP contribution >= 0.6 is 0 Å². The molecule has 1 unspecified atom stereocenters. The van der Waals surface area contributed by atoms with Gasteiger partial charge in [0.25, 0.3) is 0 Å². The highest BCUT2D eigenvalue weighted by Gasteiger charge is 2.16. The van der Waals surface area contributed by atoms with Gasteiger partial charge < -0.3 is 25.8 Å². The molecule has 1 saturated heterocycles. The summed E-state index contributed by atoms with van der Waals surface area (Å²) in [6.07, 6.45) is 3.02. The van der Waals surface area contributed by atoms with Crippen molar-refractivity contribution >= 4 is 23.2 Å². The average molecular weight is 358 g/mol. The number of urea groups is 1. The van der Waals surface area contributed by atoms with Crippen LogP contribution in [0.2, 0.25) is 0 Å². The number of nitrogens with zero attached hydrogens (tertiary/aromatic N) is 2. The van der Waals surface area contributed by atoms with E-state index in [1.165, 1.54) is 6.20 Å². The number of rotatable bonds is 5. The van der Waals surface area contributed by atoms with Gasteiger partial charge in [0, 0.05) is 18.8 Å². The van der Waals surface area contributed by atoms with E-state index in [1.54, 1.807) is 24.4 Å². The molecule has 2 aromatic rings. The lowest BCUT2D eigenvalue weighted by atomic mass is 10.2. The van der Waals surface area contributed by atoms with E-state index in [0.29, 0.717) is 36.2 Å². The summed E-state index contributed by atoms with van der Waals surface area (Å²) in [6, 6.07) is 4.60. The lowest BCUT2D eigenvalue weighted by Gasteiger charge is -2.24. The number of ether oxygens (including phenoxy) is 2. The van der Waals surface area contributed by atoms with Gasteiger partial charge in [-0.3, -0.25) is 10.3 Å². The Labute approximate surface area is 151 Å². The maximum Gasteiger partial charge on any atom is 0.325 e. The first kappa shape index (κ1) is 17.9. The first-order chi connectivity index (χ1) is 12.6. The molecular weight excluding hydrogens is 336 g/mol. The number of benzene rings is 1. The van der Waals surface area contributed by atoms with E-state index in [1.807, 2.05) is 6.92 Å². The summed E-state index contributed by atoms with van der Waals surface area (Å²) in [5, 5.41) is 8.58. The van der Waals surface area contributed by atoms with Gasteiger partial charge in [0.05, 0.1) is 30.4 Å². The van der Waals surface area contributed by atoms with Crippen LogP contribution in [-0.4, -0.2) is 48.4 Å². The number of hydrogen-bond acceptors (Lipinski definition) is 7. The zero-order chi connectivity index (χ0) is 18.4. The molecule has 5 N–H and O–H groups in total. The van der Waals surface area contributed by atoms with Gasteiger partial charge in [-0.15, -0.1) is 0 Å². The van der Waals surface area contributed by atoms with Crippen molar-refractivity contribution in [3.05, 3.63) is 36.3 Å². The van der Waals surface area contributed by atoms with Gasteiger partial charge in [-0.1, -0.05) is 0 Å². The molecule has 0 spiro atoms. The molecule has 2 amide bonds. The Morgan fingerprint density at radius 2 is 2.27 bits per heavy atom. The fourth-order valence-electron chi connectivity index (χ4n) is 2.41. The molecule has 1 aliphatic rings. The number of amides is 2. The number of morpholine rings is 1. The van der Waals surface area contributed by atoms with Crippen molar-refractivity contribution in [2.45, 2.75) is 13.0 Å². The number of anilines is 3. The molecule has 1 aromatic heterocycles. The highest BCUT2D eigenvalue weighted by atomic mass is 16.5. The van der Waals surface area contributed by atoms with E-state index in [-0.39, 0.29) is 6.10 Å². The van der Waals surface area contributed by atoms with Gasteiger partial charge in [-0.25, -0.2) is 9.78 Å². The molecule has 1 aromatic carbocycles. The van der Waals surface area contributed by atoms with Crippen LogP contribution in [0.5, 0.6) is 5.75 Å². The molecule has 0 saturated carbocycles. The second kappa shape index (κ2) is 8.45. The van der Waals surface area contributed by atoms with Crippen molar-refractivity contribution in [1.29, 1.82) is 0 Å². The summed E-state index contributed by atoms with van der Waals surface area (Å²) < 4.78 is 11.4. The Balaban J connectivity index is 1.62. The smallest absolute Gasteiger partial charge is 0.325 e. The third kappa shape index (κ3) is 5.04. The van der Waals surface area contributed by atoms with E-state index in [0.717, 1.165) is 18.8 Å². The number of nitrogens with two attached hydrogens (primary N) is 1. The largest absolute Gasteiger partial charge is 0.489 e. The fraction of sp³-hybridized carbons (Fsp3) is 0.353. The zero-order valence-corrected chi connectivity index (χ0v) is 14.5. The Bertz CT molecular complexity index is 747. The molecule has 0 radical (unpaired) electrons. The van der Waals surface area contributed by atoms with Crippen LogP contribution in [0.15, 0.2) is 30.6 Å². The third-order valence-corrected chi connectivity index (χ3v) is 3.70. The summed E-state index contributed by atoms with van der Waals surface area (Å²) in [5.74, 6) is 0.861. The molecule has 2 heterocycles. The number of aromatic nitrogens is 2. The van der Waals surface area contributed by atoms with Crippen molar-refractivity contribution in [2.75, 3.05) is 42.7 Å². The topological polar surface area (TPSA) is 123 Å². The van der Waals surface area contributed by atoms with Gasteiger partial charge in [0.2, 0.25) is 0 Å². The van der Waals surface area contributed by atoms with E-state index in [2.05, 4.69) is 25.9 Å². The lowest BCUT2D eigenvalue weighted by Crippen LogP contribution is -2.41. The molecule has 0 aliphatic carbocycles. The molecule has 1 fully saturated rings. The molecular formula is C17H22N6O3. The minimum absolute atomic E-state index is 0.0363. The van der Waals surface area contributed by atoms with Crippen molar-refractivity contribution in [3.8, 4) is 5.75 Å². The van der Waals surface area contributed by atoms with E-state index >= 15 is 0 Å². The van der Waals surface area contributed by atoms with Crippen LogP contribution in [0.4, 0.5) is 22.0 Å². The lowest BCUT2D eigenvalue weighted by molar-refractivity contribution is 0.000354. The highest BCUT2D eigenvalue weighted by molar-refractivity contribution is 6.00. The van der Waals surface area contributed by atoms with Crippen molar-refractivity contribution in [2.24, 2.45) is 0 Å².